The van der Waals surface area contributed by atoms with Crippen LogP contribution in [0.25, 0.3) is 0 Å². The van der Waals surface area contributed by atoms with Crippen molar-refractivity contribution in [1.82, 2.24) is 4.98 Å². The van der Waals surface area contributed by atoms with Crippen LogP contribution in [0.3, 0.4) is 0 Å². The minimum absolute atomic E-state index is 1.10. The van der Waals surface area contributed by atoms with Crippen molar-refractivity contribution in [3.8, 4) is 0 Å². The van der Waals surface area contributed by atoms with Gasteiger partial charge in [-0.15, -0.1) is 0 Å². The predicted molar refractivity (Wildman–Crippen MR) is 34.9 cm³/mol. The number of hydrogen-bond donors (Lipinski definition) is 2. The second kappa shape index (κ2) is 4.98. The van der Waals surface area contributed by atoms with Crippen LogP contribution < -0.4 is 11.5 Å². The number of aromatic nitrogens is 1. The molecule has 6 nitrogen and oxygen atoms in total. The van der Waals surface area contributed by atoms with Crippen molar-refractivity contribution in [1.29, 1.82) is 0 Å². The summed E-state index contributed by atoms with van der Waals surface area (Å²) in [6.45, 7) is 0. The molecule has 0 aliphatic heterocycles. The van der Waals surface area contributed by atoms with Gasteiger partial charge in [0.05, 0.1) is 6.20 Å². The van der Waals surface area contributed by atoms with E-state index in [-0.39, 0.29) is 0 Å². The van der Waals surface area contributed by atoms with E-state index < -0.39 is 11.8 Å². The van der Waals surface area contributed by atoms with Crippen LogP contribution in [0.4, 0.5) is 0 Å². The molecule has 0 fully saturated rings. The zero-order chi connectivity index (χ0) is 8.69. The third-order valence-electron chi connectivity index (χ3n) is 0.590. The molecule has 1 aromatic heterocycles. The maximum atomic E-state index is 9.45. The molecule has 0 unspecified atom stereocenters. The maximum Gasteiger partial charge on any atom is 0.306 e. The molecular weight excluding hydrogens is 150 g/mol. The van der Waals surface area contributed by atoms with E-state index in [2.05, 4.69) is 20.9 Å². The summed E-state index contributed by atoms with van der Waals surface area (Å²) in [5, 5.41) is 0. The van der Waals surface area contributed by atoms with Crippen LogP contribution in [0.5, 0.6) is 0 Å². The van der Waals surface area contributed by atoms with Crippen LogP contribution >= 0.6 is 0 Å². The van der Waals surface area contributed by atoms with Crippen molar-refractivity contribution in [3.05, 3.63) is 18.9 Å². The predicted octanol–water partition coefficient (Wildman–Crippen LogP) is -1.37. The first-order valence-corrected chi connectivity index (χ1v) is 2.56. The Kier molecular flexibility index (Phi) is 4.14. The van der Waals surface area contributed by atoms with Gasteiger partial charge in [0.25, 0.3) is 0 Å². The molecule has 6 heteroatoms. The van der Waals surface area contributed by atoms with Crippen LogP contribution in [0.2, 0.25) is 0 Å². The fourth-order valence-electron chi connectivity index (χ4n) is 0.176. The number of nitrogens with two attached hydrogens (primary N) is 2. The number of primary amides is 2. The number of nitrogens with zero attached hydrogens (tertiary/aromatic N) is 1. The first-order valence-electron chi connectivity index (χ1n) is 2.56. The highest BCUT2D eigenvalue weighted by Crippen LogP contribution is 1.72. The van der Waals surface area contributed by atoms with E-state index >= 15 is 0 Å². The summed E-state index contributed by atoms with van der Waals surface area (Å²) in [5.74, 6) is -2.20. The van der Waals surface area contributed by atoms with Gasteiger partial charge in [0, 0.05) is 0 Å². The minimum Gasteiger partial charge on any atom is -0.452 e. The lowest BCUT2D eigenvalue weighted by molar-refractivity contribution is -0.135. The fraction of sp³-hybridized carbons (Fsp3) is 0. The van der Waals surface area contributed by atoms with Crippen LogP contribution in [0, 0.1) is 0 Å². The molecule has 1 rings (SSSR count). The van der Waals surface area contributed by atoms with Crippen LogP contribution in [0.1, 0.15) is 0 Å². The van der Waals surface area contributed by atoms with Crippen LogP contribution in [0.15, 0.2) is 23.3 Å². The summed E-state index contributed by atoms with van der Waals surface area (Å²) in [7, 11) is 0. The average Bonchev–Trinajstić information content (AvgIpc) is 2.41. The van der Waals surface area contributed by atoms with E-state index in [1.165, 1.54) is 12.7 Å². The van der Waals surface area contributed by atoms with Crippen molar-refractivity contribution in [2.75, 3.05) is 0 Å². The summed E-state index contributed by atoms with van der Waals surface area (Å²) >= 11 is 0. The van der Waals surface area contributed by atoms with E-state index in [0.29, 0.717) is 0 Å². The molecule has 1 heterocycles. The topological polar surface area (TPSA) is 112 Å². The fourth-order valence-corrected chi connectivity index (χ4v) is 0.176. The second-order valence-electron chi connectivity index (χ2n) is 1.40. The molecule has 0 atom stereocenters. The van der Waals surface area contributed by atoms with Gasteiger partial charge >= 0.3 is 11.8 Å². The summed E-state index contributed by atoms with van der Waals surface area (Å²) in [5.41, 5.74) is 8.64. The highest BCUT2D eigenvalue weighted by atomic mass is 16.3. The van der Waals surface area contributed by atoms with Gasteiger partial charge in [-0.2, -0.15) is 0 Å². The third-order valence-corrected chi connectivity index (χ3v) is 0.590. The maximum absolute atomic E-state index is 9.45. The van der Waals surface area contributed by atoms with E-state index in [1.807, 2.05) is 0 Å². The zero-order valence-corrected chi connectivity index (χ0v) is 5.56. The normalized spacial score (nSPS) is 7.64. The number of oxazole rings is 1. The Morgan fingerprint density at radius 2 is 1.82 bits per heavy atom. The Morgan fingerprint density at radius 3 is 1.91 bits per heavy atom. The number of amides is 2. The Bertz CT molecular complexity index is 190. The SMILES string of the molecule is NC(=O)C(N)=O.c1cocn1. The lowest BCUT2D eigenvalue weighted by atomic mass is 10.6. The van der Waals surface area contributed by atoms with Gasteiger partial charge in [-0.1, -0.05) is 0 Å². The molecule has 0 aromatic carbocycles. The smallest absolute Gasteiger partial charge is 0.306 e. The first kappa shape index (κ1) is 9.15. The third kappa shape index (κ3) is 6.03. The summed E-state index contributed by atoms with van der Waals surface area (Å²) < 4.78 is 4.47. The molecule has 11 heavy (non-hydrogen) atoms. The molecule has 0 saturated carbocycles. The van der Waals surface area contributed by atoms with Gasteiger partial charge in [0.15, 0.2) is 6.39 Å². The Morgan fingerprint density at radius 1 is 1.27 bits per heavy atom. The van der Waals surface area contributed by atoms with Crippen LogP contribution in [-0.4, -0.2) is 16.8 Å². The lowest BCUT2D eigenvalue weighted by Gasteiger charge is -1.75. The molecular formula is C5H7N3O3. The molecule has 0 aliphatic rings. The highest BCUT2D eigenvalue weighted by Gasteiger charge is 1.96. The molecule has 0 radical (unpaired) electrons. The van der Waals surface area contributed by atoms with Crippen molar-refractivity contribution in [3.63, 3.8) is 0 Å². The number of hydrogen-bond acceptors (Lipinski definition) is 4. The Balaban J connectivity index is 0.000000183. The van der Waals surface area contributed by atoms with Crippen molar-refractivity contribution in [2.24, 2.45) is 11.5 Å². The summed E-state index contributed by atoms with van der Waals surface area (Å²) in [4.78, 5) is 22.4. The van der Waals surface area contributed by atoms with E-state index in [4.69, 9.17) is 0 Å². The minimum atomic E-state index is -1.10. The van der Waals surface area contributed by atoms with Crippen molar-refractivity contribution in [2.45, 2.75) is 0 Å². The van der Waals surface area contributed by atoms with Gasteiger partial charge in [0.1, 0.15) is 6.26 Å². The number of carbonyl (C=O) groups excluding carboxylic acids is 2. The molecule has 4 N–H and O–H groups in total. The quantitative estimate of drug-likeness (QED) is 0.452. The number of carbonyl (C=O) groups is 2. The van der Waals surface area contributed by atoms with Gasteiger partial charge in [-0.3, -0.25) is 9.59 Å². The van der Waals surface area contributed by atoms with E-state index in [9.17, 15) is 9.59 Å². The van der Waals surface area contributed by atoms with Gasteiger partial charge < -0.3 is 15.9 Å². The monoisotopic (exact) mass is 157 g/mol. The van der Waals surface area contributed by atoms with E-state index in [1.54, 1.807) is 6.20 Å². The lowest BCUT2D eigenvalue weighted by Crippen LogP contribution is -2.29. The van der Waals surface area contributed by atoms with Crippen molar-refractivity contribution >= 4 is 11.8 Å². The Hall–Kier alpha value is -1.85. The molecule has 60 valence electrons. The molecule has 0 saturated heterocycles. The standard InChI is InChI=1S/C3H3NO.C2H4N2O2/c1-2-5-3-4-1;3-1(5)2(4)6/h1-3H;(H2,3,5)(H2,4,6). The molecule has 0 aliphatic carbocycles. The van der Waals surface area contributed by atoms with Gasteiger partial charge in [-0.05, 0) is 0 Å². The summed E-state index contributed by atoms with van der Waals surface area (Å²) in [6.07, 6.45) is 4.47. The van der Waals surface area contributed by atoms with E-state index in [0.717, 1.165) is 0 Å². The first-order chi connectivity index (χ1) is 5.14. The molecule has 2 amide bonds. The highest BCUT2D eigenvalue weighted by molar-refractivity contribution is 6.33. The second-order valence-corrected chi connectivity index (χ2v) is 1.40. The molecule has 0 bridgehead atoms. The largest absolute Gasteiger partial charge is 0.452 e. The van der Waals surface area contributed by atoms with Gasteiger partial charge in [0.2, 0.25) is 0 Å². The zero-order valence-electron chi connectivity index (χ0n) is 5.56. The van der Waals surface area contributed by atoms with Gasteiger partial charge in [-0.25, -0.2) is 4.98 Å². The molecule has 1 aromatic rings. The Labute approximate surface area is 62.2 Å². The van der Waals surface area contributed by atoms with Crippen LogP contribution in [-0.2, 0) is 9.59 Å². The van der Waals surface area contributed by atoms with Crippen molar-refractivity contribution < 1.29 is 14.0 Å². The number of rotatable bonds is 0. The molecule has 0 spiro atoms. The summed E-state index contributed by atoms with van der Waals surface area (Å²) in [6, 6.07) is 0. The average molecular weight is 157 g/mol.